The molecule has 1 aliphatic heterocycles. The van der Waals surface area contributed by atoms with Gasteiger partial charge in [-0.2, -0.15) is 0 Å². The maximum absolute atomic E-state index is 12.9. The minimum absolute atomic E-state index is 0.0121. The number of carbonyl (C=O) groups excluding carboxylic acids is 1. The molecular formula is C21H26FN3O. The Hall–Kier alpha value is -2.40. The third-order valence-corrected chi connectivity index (χ3v) is 5.02. The Labute approximate surface area is 154 Å². The van der Waals surface area contributed by atoms with Gasteiger partial charge in [0.05, 0.1) is 6.04 Å². The first-order chi connectivity index (χ1) is 12.5. The van der Waals surface area contributed by atoms with Crippen molar-refractivity contribution >= 4 is 11.6 Å². The van der Waals surface area contributed by atoms with Gasteiger partial charge in [-0.25, -0.2) is 4.39 Å². The second-order valence-corrected chi connectivity index (χ2v) is 6.88. The van der Waals surface area contributed by atoms with Gasteiger partial charge < -0.3 is 10.2 Å². The molecule has 1 aliphatic rings. The van der Waals surface area contributed by atoms with Gasteiger partial charge in [0.25, 0.3) is 0 Å². The molecule has 1 heterocycles. The van der Waals surface area contributed by atoms with Crippen LogP contribution in [0.1, 0.15) is 18.1 Å². The smallest absolute Gasteiger partial charge is 0.237 e. The van der Waals surface area contributed by atoms with Crippen LogP contribution in [0.4, 0.5) is 10.1 Å². The zero-order chi connectivity index (χ0) is 18.5. The Morgan fingerprint density at radius 1 is 1.04 bits per heavy atom. The number of piperazine rings is 1. The van der Waals surface area contributed by atoms with E-state index in [-0.39, 0.29) is 17.8 Å². The highest BCUT2D eigenvalue weighted by Crippen LogP contribution is 2.18. The average Bonchev–Trinajstić information content (AvgIpc) is 2.67. The van der Waals surface area contributed by atoms with Gasteiger partial charge in [0.2, 0.25) is 5.91 Å². The van der Waals surface area contributed by atoms with E-state index in [0.29, 0.717) is 6.54 Å². The number of benzene rings is 2. The molecule has 1 fully saturated rings. The summed E-state index contributed by atoms with van der Waals surface area (Å²) in [4.78, 5) is 17.0. The first kappa shape index (κ1) is 18.4. The van der Waals surface area contributed by atoms with Gasteiger partial charge in [0, 0.05) is 38.4 Å². The van der Waals surface area contributed by atoms with Gasteiger partial charge in [0.1, 0.15) is 5.82 Å². The number of aryl methyl sites for hydroxylation is 1. The lowest BCUT2D eigenvalue weighted by Crippen LogP contribution is -2.53. The number of hydrogen-bond donors (Lipinski definition) is 1. The van der Waals surface area contributed by atoms with Crippen LogP contribution in [0.15, 0.2) is 48.5 Å². The van der Waals surface area contributed by atoms with E-state index in [9.17, 15) is 9.18 Å². The van der Waals surface area contributed by atoms with Crippen molar-refractivity contribution in [3.63, 3.8) is 0 Å². The van der Waals surface area contributed by atoms with Crippen molar-refractivity contribution in [1.29, 1.82) is 0 Å². The van der Waals surface area contributed by atoms with Crippen LogP contribution in [-0.2, 0) is 11.3 Å². The first-order valence-electron chi connectivity index (χ1n) is 9.11. The van der Waals surface area contributed by atoms with Crippen molar-refractivity contribution in [2.24, 2.45) is 0 Å². The fraction of sp³-hybridized carbons (Fsp3) is 0.381. The predicted octanol–water partition coefficient (Wildman–Crippen LogP) is 2.96. The van der Waals surface area contributed by atoms with E-state index < -0.39 is 0 Å². The molecule has 0 spiro atoms. The van der Waals surface area contributed by atoms with E-state index >= 15 is 0 Å². The van der Waals surface area contributed by atoms with Crippen LogP contribution in [0.25, 0.3) is 0 Å². The quantitative estimate of drug-likeness (QED) is 0.896. The summed E-state index contributed by atoms with van der Waals surface area (Å²) in [6.45, 7) is 8.01. The molecule has 26 heavy (non-hydrogen) atoms. The zero-order valence-corrected chi connectivity index (χ0v) is 15.4. The molecule has 1 saturated heterocycles. The number of carbonyl (C=O) groups is 1. The first-order valence-corrected chi connectivity index (χ1v) is 9.11. The molecule has 0 radical (unpaired) electrons. The second-order valence-electron chi connectivity index (χ2n) is 6.88. The van der Waals surface area contributed by atoms with Crippen molar-refractivity contribution in [3.05, 3.63) is 65.5 Å². The van der Waals surface area contributed by atoms with Crippen molar-refractivity contribution in [2.45, 2.75) is 26.4 Å². The van der Waals surface area contributed by atoms with Gasteiger partial charge >= 0.3 is 0 Å². The molecule has 1 atom stereocenters. The molecule has 0 aromatic heterocycles. The molecular weight excluding hydrogens is 329 g/mol. The fourth-order valence-corrected chi connectivity index (χ4v) is 3.23. The van der Waals surface area contributed by atoms with Crippen molar-refractivity contribution in [1.82, 2.24) is 10.2 Å². The third kappa shape index (κ3) is 4.61. The number of rotatable bonds is 5. The minimum Gasteiger partial charge on any atom is -0.369 e. The zero-order valence-electron chi connectivity index (χ0n) is 15.4. The Kier molecular flexibility index (Phi) is 5.89. The summed E-state index contributed by atoms with van der Waals surface area (Å²) in [5.74, 6) is -0.252. The van der Waals surface area contributed by atoms with Gasteiger partial charge in [-0.3, -0.25) is 9.69 Å². The molecule has 138 valence electrons. The number of hydrogen-bond acceptors (Lipinski definition) is 3. The summed E-state index contributed by atoms with van der Waals surface area (Å²) in [5, 5.41) is 2.95. The van der Waals surface area contributed by atoms with Crippen molar-refractivity contribution < 1.29 is 9.18 Å². The molecule has 4 nitrogen and oxygen atoms in total. The number of halogens is 1. The predicted molar refractivity (Wildman–Crippen MR) is 103 cm³/mol. The van der Waals surface area contributed by atoms with E-state index in [1.165, 1.54) is 23.4 Å². The third-order valence-electron chi connectivity index (χ3n) is 5.02. The molecule has 1 amide bonds. The Balaban J connectivity index is 1.48. The molecule has 2 aromatic rings. The van der Waals surface area contributed by atoms with Crippen LogP contribution >= 0.6 is 0 Å². The topological polar surface area (TPSA) is 35.6 Å². The lowest BCUT2D eigenvalue weighted by Gasteiger charge is -2.38. The van der Waals surface area contributed by atoms with Gasteiger partial charge in [-0.15, -0.1) is 0 Å². The Morgan fingerprint density at radius 3 is 2.27 bits per heavy atom. The molecule has 1 N–H and O–H groups in total. The Morgan fingerprint density at radius 2 is 1.65 bits per heavy atom. The van der Waals surface area contributed by atoms with Crippen molar-refractivity contribution in [3.8, 4) is 0 Å². The molecule has 0 aliphatic carbocycles. The van der Waals surface area contributed by atoms with Crippen LogP contribution in [0.3, 0.4) is 0 Å². The summed E-state index contributed by atoms with van der Waals surface area (Å²) in [6, 6.07) is 14.6. The molecule has 0 unspecified atom stereocenters. The lowest BCUT2D eigenvalue weighted by molar-refractivity contribution is -0.126. The fourth-order valence-electron chi connectivity index (χ4n) is 3.23. The highest BCUT2D eigenvalue weighted by atomic mass is 19.1. The molecule has 5 heteroatoms. The summed E-state index contributed by atoms with van der Waals surface area (Å²) in [6.07, 6.45) is 0. The largest absolute Gasteiger partial charge is 0.369 e. The highest BCUT2D eigenvalue weighted by molar-refractivity contribution is 5.81. The average molecular weight is 355 g/mol. The van der Waals surface area contributed by atoms with Crippen molar-refractivity contribution in [2.75, 3.05) is 31.1 Å². The van der Waals surface area contributed by atoms with E-state index in [4.69, 9.17) is 0 Å². The highest BCUT2D eigenvalue weighted by Gasteiger charge is 2.25. The summed E-state index contributed by atoms with van der Waals surface area (Å²) in [7, 11) is 0. The number of anilines is 1. The number of amides is 1. The van der Waals surface area contributed by atoms with Crippen LogP contribution < -0.4 is 10.2 Å². The van der Waals surface area contributed by atoms with Gasteiger partial charge in [-0.05, 0) is 43.7 Å². The van der Waals surface area contributed by atoms with Gasteiger partial charge in [0.15, 0.2) is 0 Å². The van der Waals surface area contributed by atoms with Gasteiger partial charge in [-0.1, -0.05) is 29.8 Å². The van der Waals surface area contributed by atoms with E-state index in [1.54, 1.807) is 12.1 Å². The summed E-state index contributed by atoms with van der Waals surface area (Å²) < 4.78 is 12.9. The number of nitrogens with one attached hydrogen (secondary N) is 1. The monoisotopic (exact) mass is 355 g/mol. The summed E-state index contributed by atoms with van der Waals surface area (Å²) in [5.41, 5.74) is 3.40. The van der Waals surface area contributed by atoms with Crippen LogP contribution in [0.2, 0.25) is 0 Å². The minimum atomic E-state index is -0.264. The molecule has 0 saturated carbocycles. The maximum atomic E-state index is 12.9. The van der Waals surface area contributed by atoms with E-state index in [0.717, 1.165) is 31.7 Å². The van der Waals surface area contributed by atoms with Crippen LogP contribution in [0.5, 0.6) is 0 Å². The maximum Gasteiger partial charge on any atom is 0.237 e. The van der Waals surface area contributed by atoms with Crippen LogP contribution in [-0.4, -0.2) is 43.0 Å². The molecule has 0 bridgehead atoms. The normalized spacial score (nSPS) is 16.3. The molecule has 2 aromatic carbocycles. The second kappa shape index (κ2) is 8.32. The Bertz CT molecular complexity index is 722. The SMILES string of the molecule is Cc1ccc(N2CCN([C@@H](C)C(=O)NCc3ccc(F)cc3)CC2)cc1. The standard InChI is InChI=1S/C21H26FN3O/c1-16-3-9-20(10-4-16)25-13-11-24(12-14-25)17(2)21(26)23-15-18-5-7-19(22)8-6-18/h3-10,17H,11-15H2,1-2H3,(H,23,26)/t17-/m0/s1. The van der Waals surface area contributed by atoms with E-state index in [1.807, 2.05) is 6.92 Å². The van der Waals surface area contributed by atoms with E-state index in [2.05, 4.69) is 46.3 Å². The molecule has 3 rings (SSSR count). The lowest BCUT2D eigenvalue weighted by atomic mass is 10.1. The number of nitrogens with zero attached hydrogens (tertiary/aromatic N) is 2. The van der Waals surface area contributed by atoms with Crippen LogP contribution in [0, 0.1) is 12.7 Å². The summed E-state index contributed by atoms with van der Waals surface area (Å²) >= 11 is 0.